The van der Waals surface area contributed by atoms with Gasteiger partial charge in [0.1, 0.15) is 0 Å². The van der Waals surface area contributed by atoms with Crippen LogP contribution in [0, 0.1) is 0 Å². The number of amides is 2. The van der Waals surface area contributed by atoms with Crippen LogP contribution < -0.4 is 10.6 Å². The van der Waals surface area contributed by atoms with E-state index in [1.54, 1.807) is 24.3 Å². The summed E-state index contributed by atoms with van der Waals surface area (Å²) < 4.78 is 0. The highest BCUT2D eigenvalue weighted by Gasteiger charge is 2.28. The number of aliphatic hydroxyl groups excluding tert-OH is 1. The number of carbonyl (C=O) groups is 2. The molecule has 3 rings (SSSR count). The number of hydrogen-bond acceptors (Lipinski definition) is 5. The molecule has 2 unspecified atom stereocenters. The van der Waals surface area contributed by atoms with Gasteiger partial charge in [-0.3, -0.25) is 9.59 Å². The van der Waals surface area contributed by atoms with Crippen molar-refractivity contribution in [1.29, 1.82) is 0 Å². The zero-order chi connectivity index (χ0) is 16.2. The molecule has 2 aliphatic heterocycles. The van der Waals surface area contributed by atoms with E-state index in [-0.39, 0.29) is 17.9 Å². The molecule has 23 heavy (non-hydrogen) atoms. The highest BCUT2D eigenvalue weighted by atomic mass is 32.2. The van der Waals surface area contributed by atoms with Crippen LogP contribution >= 0.6 is 11.8 Å². The second-order valence-electron chi connectivity index (χ2n) is 5.82. The molecule has 3 N–H and O–H groups in total. The number of nitrogens with one attached hydrogen (secondary N) is 2. The molecule has 1 aromatic carbocycles. The zero-order valence-corrected chi connectivity index (χ0v) is 13.6. The molecule has 124 valence electrons. The highest BCUT2D eigenvalue weighted by Crippen LogP contribution is 2.17. The van der Waals surface area contributed by atoms with Gasteiger partial charge in [0.15, 0.2) is 0 Å². The molecule has 7 heteroatoms. The number of benzene rings is 1. The van der Waals surface area contributed by atoms with Crippen LogP contribution in [0.1, 0.15) is 16.8 Å². The van der Waals surface area contributed by atoms with Crippen molar-refractivity contribution in [3.05, 3.63) is 29.8 Å². The molecule has 2 amide bonds. The standard InChI is InChI=1S/C16H21N3O3S/c20-13-9-14(17-10-13)15(21)18-12-3-1-2-11(8-12)16(22)19-4-6-23-7-5-19/h1-3,8,13-14,17,20H,4-7,9-10H2,(H,18,21). The summed E-state index contributed by atoms with van der Waals surface area (Å²) in [5.74, 6) is 1.77. The van der Waals surface area contributed by atoms with E-state index in [1.165, 1.54) is 0 Å². The predicted molar refractivity (Wildman–Crippen MR) is 90.7 cm³/mol. The summed E-state index contributed by atoms with van der Waals surface area (Å²) in [6.07, 6.45) is -0.0637. The van der Waals surface area contributed by atoms with Gasteiger partial charge in [0.25, 0.3) is 5.91 Å². The molecule has 2 saturated heterocycles. The number of thioether (sulfide) groups is 1. The van der Waals surface area contributed by atoms with E-state index in [9.17, 15) is 14.7 Å². The monoisotopic (exact) mass is 335 g/mol. The Bertz CT molecular complexity index is 590. The normalized spacial score (nSPS) is 24.5. The van der Waals surface area contributed by atoms with Crippen LogP contribution in [0.5, 0.6) is 0 Å². The van der Waals surface area contributed by atoms with E-state index in [0.29, 0.717) is 24.2 Å². The van der Waals surface area contributed by atoms with Crippen LogP contribution in [0.25, 0.3) is 0 Å². The average molecular weight is 335 g/mol. The Kier molecular flexibility index (Phi) is 5.20. The van der Waals surface area contributed by atoms with Crippen molar-refractivity contribution in [2.45, 2.75) is 18.6 Å². The molecule has 6 nitrogen and oxygen atoms in total. The molecular formula is C16H21N3O3S. The average Bonchev–Trinajstić information content (AvgIpc) is 3.02. The van der Waals surface area contributed by atoms with Gasteiger partial charge in [-0.05, 0) is 24.6 Å². The van der Waals surface area contributed by atoms with Gasteiger partial charge in [-0.2, -0.15) is 11.8 Å². The largest absolute Gasteiger partial charge is 0.392 e. The molecule has 0 saturated carbocycles. The van der Waals surface area contributed by atoms with Gasteiger partial charge >= 0.3 is 0 Å². The fourth-order valence-corrected chi connectivity index (χ4v) is 3.73. The van der Waals surface area contributed by atoms with E-state index < -0.39 is 6.10 Å². The Morgan fingerprint density at radius 1 is 1.30 bits per heavy atom. The smallest absolute Gasteiger partial charge is 0.253 e. The van der Waals surface area contributed by atoms with Crippen LogP contribution in [-0.4, -0.2) is 65.1 Å². The molecule has 2 aliphatic rings. The Balaban J connectivity index is 1.65. The van der Waals surface area contributed by atoms with E-state index in [4.69, 9.17) is 0 Å². The number of nitrogens with zero attached hydrogens (tertiary/aromatic N) is 1. The zero-order valence-electron chi connectivity index (χ0n) is 12.8. The third-order valence-electron chi connectivity index (χ3n) is 4.10. The van der Waals surface area contributed by atoms with E-state index in [0.717, 1.165) is 24.6 Å². The summed E-state index contributed by atoms with van der Waals surface area (Å²) in [4.78, 5) is 26.5. The summed E-state index contributed by atoms with van der Waals surface area (Å²) in [6, 6.07) is 6.65. The van der Waals surface area contributed by atoms with Gasteiger partial charge in [-0.15, -0.1) is 0 Å². The van der Waals surface area contributed by atoms with Crippen LogP contribution in [0.3, 0.4) is 0 Å². The number of anilines is 1. The first kappa shape index (κ1) is 16.3. The SMILES string of the molecule is O=C(Nc1cccc(C(=O)N2CCSCC2)c1)C1CC(O)CN1. The van der Waals surface area contributed by atoms with E-state index >= 15 is 0 Å². The van der Waals surface area contributed by atoms with Gasteiger partial charge in [0.2, 0.25) is 5.91 Å². The van der Waals surface area contributed by atoms with Crippen molar-refractivity contribution in [3.8, 4) is 0 Å². The Morgan fingerprint density at radius 3 is 2.78 bits per heavy atom. The summed E-state index contributed by atoms with van der Waals surface area (Å²) in [6.45, 7) is 1.97. The minimum absolute atomic E-state index is 0.0100. The first-order valence-corrected chi connectivity index (χ1v) is 8.98. The molecule has 2 heterocycles. The summed E-state index contributed by atoms with van der Waals surface area (Å²) in [5, 5.41) is 15.3. The third kappa shape index (κ3) is 4.04. The second-order valence-corrected chi connectivity index (χ2v) is 7.05. The number of hydrogen-bond donors (Lipinski definition) is 3. The van der Waals surface area contributed by atoms with Crippen LogP contribution in [0.4, 0.5) is 5.69 Å². The first-order chi connectivity index (χ1) is 11.1. The highest BCUT2D eigenvalue weighted by molar-refractivity contribution is 7.99. The quantitative estimate of drug-likeness (QED) is 0.751. The van der Waals surface area contributed by atoms with Crippen molar-refractivity contribution < 1.29 is 14.7 Å². The maximum Gasteiger partial charge on any atom is 0.253 e. The van der Waals surface area contributed by atoms with Crippen LogP contribution in [-0.2, 0) is 4.79 Å². The maximum absolute atomic E-state index is 12.5. The molecule has 0 aromatic heterocycles. The Hall–Kier alpha value is -1.57. The van der Waals surface area contributed by atoms with Gasteiger partial charge in [-0.1, -0.05) is 6.07 Å². The third-order valence-corrected chi connectivity index (χ3v) is 5.04. The lowest BCUT2D eigenvalue weighted by molar-refractivity contribution is -0.117. The fourth-order valence-electron chi connectivity index (χ4n) is 2.83. The summed E-state index contributed by atoms with van der Waals surface area (Å²) in [5.41, 5.74) is 1.20. The van der Waals surface area contributed by atoms with Crippen LogP contribution in [0.15, 0.2) is 24.3 Å². The summed E-state index contributed by atoms with van der Waals surface area (Å²) in [7, 11) is 0. The molecule has 0 radical (unpaired) electrons. The molecular weight excluding hydrogens is 314 g/mol. The molecule has 2 fully saturated rings. The second kappa shape index (κ2) is 7.33. The molecule has 2 atom stereocenters. The molecule has 1 aromatic rings. The van der Waals surface area contributed by atoms with Crippen LogP contribution in [0.2, 0.25) is 0 Å². The fraction of sp³-hybridized carbons (Fsp3) is 0.500. The topological polar surface area (TPSA) is 81.7 Å². The van der Waals surface area contributed by atoms with Gasteiger partial charge in [0, 0.05) is 42.4 Å². The van der Waals surface area contributed by atoms with Gasteiger partial charge < -0.3 is 20.6 Å². The lowest BCUT2D eigenvalue weighted by atomic mass is 10.1. The van der Waals surface area contributed by atoms with Gasteiger partial charge in [-0.25, -0.2) is 0 Å². The van der Waals surface area contributed by atoms with Crippen molar-refractivity contribution in [1.82, 2.24) is 10.2 Å². The van der Waals surface area contributed by atoms with E-state index in [2.05, 4.69) is 10.6 Å². The summed E-state index contributed by atoms with van der Waals surface area (Å²) >= 11 is 1.86. The Morgan fingerprint density at radius 2 is 2.09 bits per heavy atom. The molecule has 0 spiro atoms. The molecule has 0 aliphatic carbocycles. The number of rotatable bonds is 3. The number of β-amino-alcohol motifs (C(OH)–C–C–N with tert-alkyl or cyclic N) is 1. The number of aliphatic hydroxyl groups is 1. The maximum atomic E-state index is 12.5. The lowest BCUT2D eigenvalue weighted by Gasteiger charge is -2.26. The Labute approximate surface area is 139 Å². The first-order valence-electron chi connectivity index (χ1n) is 7.83. The lowest BCUT2D eigenvalue weighted by Crippen LogP contribution is -2.38. The van der Waals surface area contributed by atoms with Crippen molar-refractivity contribution >= 4 is 29.3 Å². The van der Waals surface area contributed by atoms with Crippen molar-refractivity contribution in [2.24, 2.45) is 0 Å². The van der Waals surface area contributed by atoms with Crippen molar-refractivity contribution in [3.63, 3.8) is 0 Å². The van der Waals surface area contributed by atoms with Crippen molar-refractivity contribution in [2.75, 3.05) is 36.5 Å². The van der Waals surface area contributed by atoms with Gasteiger partial charge in [0.05, 0.1) is 12.1 Å². The predicted octanol–water partition coefficient (Wildman–Crippen LogP) is 0.537. The molecule has 0 bridgehead atoms. The number of carbonyl (C=O) groups excluding carboxylic acids is 2. The van der Waals surface area contributed by atoms with E-state index in [1.807, 2.05) is 16.7 Å². The minimum Gasteiger partial charge on any atom is -0.392 e. The minimum atomic E-state index is -0.476.